The Morgan fingerprint density at radius 3 is 2.57 bits per heavy atom. The topological polar surface area (TPSA) is 91.3 Å². The number of rotatable bonds is 8. The fourth-order valence-corrected chi connectivity index (χ4v) is 2.03. The summed E-state index contributed by atoms with van der Waals surface area (Å²) in [5.41, 5.74) is 5.49. The van der Waals surface area contributed by atoms with Crippen LogP contribution >= 0.6 is 0 Å². The van der Waals surface area contributed by atoms with Crippen molar-refractivity contribution in [2.75, 3.05) is 24.3 Å². The lowest BCUT2D eigenvalue weighted by Gasteiger charge is -2.19. The first-order valence-corrected chi connectivity index (χ1v) is 7.37. The molecule has 0 saturated carbocycles. The molecule has 0 radical (unpaired) electrons. The molecule has 0 spiro atoms. The number of hydrogen-bond acceptors (Lipinski definition) is 5. The van der Waals surface area contributed by atoms with E-state index in [1.165, 1.54) is 11.6 Å². The van der Waals surface area contributed by atoms with Crippen LogP contribution in [0.15, 0.2) is 9.59 Å². The zero-order chi connectivity index (χ0) is 16.0. The van der Waals surface area contributed by atoms with Crippen molar-refractivity contribution in [1.82, 2.24) is 9.13 Å². The smallest absolute Gasteiger partial charge is 0.332 e. The summed E-state index contributed by atoms with van der Waals surface area (Å²) >= 11 is 0. The second-order valence-corrected chi connectivity index (χ2v) is 5.12. The number of nitrogen functional groups attached to an aromatic ring is 1. The number of anilines is 2. The van der Waals surface area contributed by atoms with E-state index in [1.807, 2.05) is 20.8 Å². The molecule has 1 aromatic rings. The quantitative estimate of drug-likeness (QED) is 0.739. The Balaban J connectivity index is 3.16. The molecular weight excluding hydrogens is 272 g/mol. The molecule has 0 amide bonds. The molecule has 0 aliphatic carbocycles. The van der Waals surface area contributed by atoms with Crippen molar-refractivity contribution in [3.63, 3.8) is 0 Å². The molecule has 1 aromatic heterocycles. The summed E-state index contributed by atoms with van der Waals surface area (Å²) in [6.45, 7) is 7.42. The molecule has 0 bridgehead atoms. The normalized spacial score (nSPS) is 12.4. The highest BCUT2D eigenvalue weighted by Crippen LogP contribution is 2.13. The third kappa shape index (κ3) is 4.10. The molecule has 3 N–H and O–H groups in total. The lowest BCUT2D eigenvalue weighted by molar-refractivity contribution is 0.141. The molecule has 120 valence electrons. The van der Waals surface area contributed by atoms with Crippen LogP contribution in [0.3, 0.4) is 0 Å². The van der Waals surface area contributed by atoms with Crippen molar-refractivity contribution in [3.05, 3.63) is 20.8 Å². The van der Waals surface area contributed by atoms with Gasteiger partial charge in [-0.3, -0.25) is 13.9 Å². The van der Waals surface area contributed by atoms with Gasteiger partial charge >= 0.3 is 5.69 Å². The van der Waals surface area contributed by atoms with Crippen molar-refractivity contribution in [2.45, 2.75) is 46.2 Å². The van der Waals surface area contributed by atoms with Gasteiger partial charge in [0.15, 0.2) is 0 Å². The molecule has 0 aliphatic heterocycles. The third-order valence-corrected chi connectivity index (χ3v) is 3.28. The van der Waals surface area contributed by atoms with Crippen LogP contribution in [-0.2, 0) is 18.3 Å². The van der Waals surface area contributed by atoms with E-state index >= 15 is 0 Å². The third-order valence-electron chi connectivity index (χ3n) is 3.28. The minimum atomic E-state index is -0.409. The fraction of sp³-hybridized carbons (Fsp3) is 0.714. The highest BCUT2D eigenvalue weighted by molar-refractivity contribution is 5.61. The minimum Gasteiger partial charge on any atom is -0.383 e. The van der Waals surface area contributed by atoms with Crippen LogP contribution < -0.4 is 22.3 Å². The van der Waals surface area contributed by atoms with E-state index in [9.17, 15) is 9.59 Å². The molecule has 0 fully saturated rings. The number of hydrogen-bond donors (Lipinski definition) is 2. The van der Waals surface area contributed by atoms with Crippen molar-refractivity contribution in [2.24, 2.45) is 7.05 Å². The number of nitrogens with zero attached hydrogens (tertiary/aromatic N) is 2. The Hall–Kier alpha value is -1.76. The van der Waals surface area contributed by atoms with E-state index in [1.54, 1.807) is 0 Å². The Bertz CT molecular complexity index is 577. The number of aromatic nitrogens is 2. The number of ether oxygens (including phenoxy) is 1. The maximum Gasteiger partial charge on any atom is 0.332 e. The average Bonchev–Trinajstić information content (AvgIpc) is 2.47. The summed E-state index contributed by atoms with van der Waals surface area (Å²) in [6, 6.07) is -0.0722. The standard InChI is InChI=1S/C14H26N4O3/c1-5-7-8-18-12(15)11(13(19)17(4)14(18)20)16-10(3)9-21-6-2/h10,16H,5-9,15H2,1-4H3. The van der Waals surface area contributed by atoms with Crippen molar-refractivity contribution < 1.29 is 4.74 Å². The van der Waals surface area contributed by atoms with E-state index in [2.05, 4.69) is 5.32 Å². The van der Waals surface area contributed by atoms with E-state index in [0.29, 0.717) is 19.8 Å². The van der Waals surface area contributed by atoms with E-state index in [0.717, 1.165) is 17.4 Å². The summed E-state index contributed by atoms with van der Waals surface area (Å²) in [5, 5.41) is 3.06. The first-order chi connectivity index (χ1) is 9.93. The molecule has 0 aliphatic rings. The van der Waals surface area contributed by atoms with Crippen LogP contribution in [0.5, 0.6) is 0 Å². The van der Waals surface area contributed by atoms with Gasteiger partial charge in [0, 0.05) is 26.2 Å². The Morgan fingerprint density at radius 1 is 1.33 bits per heavy atom. The summed E-state index contributed by atoms with van der Waals surface area (Å²) < 4.78 is 7.85. The van der Waals surface area contributed by atoms with Crippen LogP contribution in [0.4, 0.5) is 11.5 Å². The second-order valence-electron chi connectivity index (χ2n) is 5.12. The zero-order valence-electron chi connectivity index (χ0n) is 13.3. The predicted octanol–water partition coefficient (Wildman–Crippen LogP) is 0.766. The molecule has 1 rings (SSSR count). The van der Waals surface area contributed by atoms with Gasteiger partial charge in [0.1, 0.15) is 11.5 Å². The Labute approximate surface area is 124 Å². The van der Waals surface area contributed by atoms with Gasteiger partial charge in [-0.05, 0) is 20.3 Å². The Morgan fingerprint density at radius 2 is 2.00 bits per heavy atom. The first kappa shape index (κ1) is 17.3. The van der Waals surface area contributed by atoms with Gasteiger partial charge in [-0.25, -0.2) is 4.79 Å². The highest BCUT2D eigenvalue weighted by Gasteiger charge is 2.16. The fourth-order valence-electron chi connectivity index (χ4n) is 2.03. The molecule has 7 nitrogen and oxygen atoms in total. The van der Waals surface area contributed by atoms with Crippen molar-refractivity contribution >= 4 is 11.5 Å². The molecule has 0 saturated heterocycles. The van der Waals surface area contributed by atoms with Gasteiger partial charge in [0.2, 0.25) is 0 Å². The molecule has 1 atom stereocenters. The average molecular weight is 298 g/mol. The summed E-state index contributed by atoms with van der Waals surface area (Å²) in [6.07, 6.45) is 1.77. The van der Waals surface area contributed by atoms with Crippen LogP contribution in [0.2, 0.25) is 0 Å². The SMILES string of the molecule is CCCCn1c(N)c(NC(C)COCC)c(=O)n(C)c1=O. The lowest BCUT2D eigenvalue weighted by atomic mass is 10.3. The molecule has 1 unspecified atom stereocenters. The number of nitrogens with two attached hydrogens (primary N) is 1. The largest absolute Gasteiger partial charge is 0.383 e. The van der Waals surface area contributed by atoms with Gasteiger partial charge in [0.05, 0.1) is 6.61 Å². The monoisotopic (exact) mass is 298 g/mol. The van der Waals surface area contributed by atoms with Gasteiger partial charge in [-0.2, -0.15) is 0 Å². The predicted molar refractivity (Wildman–Crippen MR) is 84.8 cm³/mol. The van der Waals surface area contributed by atoms with Gasteiger partial charge in [-0.15, -0.1) is 0 Å². The van der Waals surface area contributed by atoms with Crippen molar-refractivity contribution in [3.8, 4) is 0 Å². The zero-order valence-corrected chi connectivity index (χ0v) is 13.3. The molecule has 7 heteroatoms. The van der Waals surface area contributed by atoms with Crippen LogP contribution in [0, 0.1) is 0 Å². The molecular formula is C14H26N4O3. The van der Waals surface area contributed by atoms with E-state index < -0.39 is 5.56 Å². The summed E-state index contributed by atoms with van der Waals surface area (Å²) in [5.74, 6) is 0.194. The van der Waals surface area contributed by atoms with Gasteiger partial charge in [-0.1, -0.05) is 13.3 Å². The maximum absolute atomic E-state index is 12.2. The van der Waals surface area contributed by atoms with Gasteiger partial charge in [0.25, 0.3) is 5.56 Å². The van der Waals surface area contributed by atoms with Gasteiger partial charge < -0.3 is 15.8 Å². The minimum absolute atomic E-state index is 0.0722. The van der Waals surface area contributed by atoms with E-state index in [-0.39, 0.29) is 23.2 Å². The van der Waals surface area contributed by atoms with Crippen molar-refractivity contribution in [1.29, 1.82) is 0 Å². The van der Waals surface area contributed by atoms with E-state index in [4.69, 9.17) is 10.5 Å². The molecule has 21 heavy (non-hydrogen) atoms. The second kappa shape index (κ2) is 7.87. The maximum atomic E-state index is 12.2. The number of unbranched alkanes of at least 4 members (excludes halogenated alkanes) is 1. The Kier molecular flexibility index (Phi) is 6.48. The van der Waals surface area contributed by atoms with Crippen LogP contribution in [-0.4, -0.2) is 28.4 Å². The van der Waals surface area contributed by atoms with Crippen LogP contribution in [0.25, 0.3) is 0 Å². The summed E-state index contributed by atoms with van der Waals surface area (Å²) in [4.78, 5) is 24.3. The van der Waals surface area contributed by atoms with Crippen LogP contribution in [0.1, 0.15) is 33.6 Å². The summed E-state index contributed by atoms with van der Waals surface area (Å²) in [7, 11) is 1.46. The molecule has 1 heterocycles. The number of nitrogens with one attached hydrogen (secondary N) is 1. The molecule has 0 aromatic carbocycles. The first-order valence-electron chi connectivity index (χ1n) is 7.37. The highest BCUT2D eigenvalue weighted by atomic mass is 16.5. The lowest BCUT2D eigenvalue weighted by Crippen LogP contribution is -2.42.